The van der Waals surface area contributed by atoms with Gasteiger partial charge in [-0.3, -0.25) is 0 Å². The minimum Gasteiger partial charge on any atom is -0.497 e. The highest BCUT2D eigenvalue weighted by Gasteiger charge is 2.24. The summed E-state index contributed by atoms with van der Waals surface area (Å²) in [7, 11) is 7.87. The van der Waals surface area contributed by atoms with Crippen molar-refractivity contribution in [2.75, 3.05) is 57.7 Å². The van der Waals surface area contributed by atoms with Crippen molar-refractivity contribution in [3.63, 3.8) is 0 Å². The molecular formula is C20H28N6O. The lowest BCUT2D eigenvalue weighted by Crippen LogP contribution is -2.42. The highest BCUT2D eigenvalue weighted by atomic mass is 16.5. The Morgan fingerprint density at radius 2 is 2.00 bits per heavy atom. The lowest BCUT2D eigenvalue weighted by Gasteiger charge is -2.35. The maximum atomic E-state index is 8.95. The van der Waals surface area contributed by atoms with Crippen molar-refractivity contribution >= 4 is 22.7 Å². The zero-order valence-electron chi connectivity index (χ0n) is 16.6. The molecule has 27 heavy (non-hydrogen) atoms. The zero-order valence-corrected chi connectivity index (χ0v) is 16.6. The fraction of sp³-hybridized carbons (Fsp3) is 0.550. The Bertz CT molecular complexity index is 825. The molecule has 2 aromatic rings. The number of hydrogen-bond donors (Lipinski definition) is 0. The smallest absolute Gasteiger partial charge is 0.227 e. The van der Waals surface area contributed by atoms with Gasteiger partial charge in [0, 0.05) is 32.1 Å². The number of fused-ring (bicyclic) bond motifs is 1. The highest BCUT2D eigenvalue weighted by molar-refractivity contribution is 5.91. The fourth-order valence-electron chi connectivity index (χ4n) is 3.52. The lowest BCUT2D eigenvalue weighted by molar-refractivity contribution is 0.252. The van der Waals surface area contributed by atoms with Crippen molar-refractivity contribution in [2.45, 2.75) is 25.3 Å². The van der Waals surface area contributed by atoms with Crippen molar-refractivity contribution in [1.29, 1.82) is 5.26 Å². The first-order valence-electron chi connectivity index (χ1n) is 9.38. The van der Waals surface area contributed by atoms with Gasteiger partial charge in [-0.05, 0) is 51.2 Å². The summed E-state index contributed by atoms with van der Waals surface area (Å²) >= 11 is 0. The highest BCUT2D eigenvalue weighted by Crippen LogP contribution is 2.30. The van der Waals surface area contributed by atoms with Gasteiger partial charge >= 0.3 is 0 Å². The molecule has 0 amide bonds. The molecule has 7 nitrogen and oxygen atoms in total. The minimum absolute atomic E-state index is 0.439. The molecule has 1 aromatic carbocycles. The number of methoxy groups -OCH3 is 1. The van der Waals surface area contributed by atoms with Crippen LogP contribution in [0, 0.1) is 11.3 Å². The number of piperidine rings is 1. The monoisotopic (exact) mass is 368 g/mol. The second-order valence-corrected chi connectivity index (χ2v) is 7.21. The van der Waals surface area contributed by atoms with Crippen LogP contribution in [0.5, 0.6) is 5.75 Å². The van der Waals surface area contributed by atoms with Crippen molar-refractivity contribution in [3.8, 4) is 11.8 Å². The third kappa shape index (κ3) is 4.22. The summed E-state index contributed by atoms with van der Waals surface area (Å²) in [5.41, 5.74) is 0.888. The second kappa shape index (κ2) is 8.40. The summed E-state index contributed by atoms with van der Waals surface area (Å²) in [6, 6.07) is 8.51. The van der Waals surface area contributed by atoms with E-state index in [9.17, 15) is 0 Å². The summed E-state index contributed by atoms with van der Waals surface area (Å²) in [6.45, 7) is 2.81. The summed E-state index contributed by atoms with van der Waals surface area (Å²) in [5.74, 6) is 2.35. The molecule has 1 aromatic heterocycles. The molecule has 1 aliphatic heterocycles. The Morgan fingerprint density at radius 1 is 1.26 bits per heavy atom. The summed E-state index contributed by atoms with van der Waals surface area (Å²) in [5, 5.41) is 9.89. The Kier molecular flexibility index (Phi) is 5.97. The van der Waals surface area contributed by atoms with E-state index in [4.69, 9.17) is 20.0 Å². The average molecular weight is 368 g/mol. The average Bonchev–Trinajstić information content (AvgIpc) is 2.70. The van der Waals surface area contributed by atoms with E-state index in [1.165, 1.54) is 0 Å². The molecule has 1 fully saturated rings. The van der Waals surface area contributed by atoms with Gasteiger partial charge in [-0.2, -0.15) is 10.2 Å². The van der Waals surface area contributed by atoms with E-state index < -0.39 is 0 Å². The van der Waals surface area contributed by atoms with E-state index >= 15 is 0 Å². The van der Waals surface area contributed by atoms with Gasteiger partial charge in [0.15, 0.2) is 0 Å². The molecule has 0 saturated carbocycles. The number of aromatic nitrogens is 2. The van der Waals surface area contributed by atoms with E-state index in [0.717, 1.165) is 54.3 Å². The second-order valence-electron chi connectivity index (χ2n) is 7.21. The number of anilines is 2. The van der Waals surface area contributed by atoms with E-state index in [1.54, 1.807) is 7.11 Å². The van der Waals surface area contributed by atoms with Crippen LogP contribution >= 0.6 is 0 Å². The molecule has 3 rings (SSSR count). The van der Waals surface area contributed by atoms with Crippen LogP contribution in [0.3, 0.4) is 0 Å². The number of nitriles is 1. The standard InChI is InChI=1S/C20H28N6O/c1-24-12-8-15(9-13-24)26(3)20-22-18-7-6-16(27-4)14-17(18)19(23-20)25(2)11-5-10-21/h6-7,14-15H,5,8-9,11-13H2,1-4H3. The van der Waals surface area contributed by atoms with E-state index in [2.05, 4.69) is 30.0 Å². The molecule has 2 heterocycles. The van der Waals surface area contributed by atoms with Gasteiger partial charge in [-0.25, -0.2) is 4.98 Å². The maximum absolute atomic E-state index is 8.95. The molecule has 0 spiro atoms. The molecule has 144 valence electrons. The van der Waals surface area contributed by atoms with Gasteiger partial charge in [0.05, 0.1) is 25.1 Å². The van der Waals surface area contributed by atoms with Gasteiger partial charge in [-0.15, -0.1) is 0 Å². The van der Waals surface area contributed by atoms with E-state index in [0.29, 0.717) is 19.0 Å². The third-order valence-corrected chi connectivity index (χ3v) is 5.34. The molecule has 1 saturated heterocycles. The Balaban J connectivity index is 1.99. The van der Waals surface area contributed by atoms with Gasteiger partial charge in [-0.1, -0.05) is 0 Å². The van der Waals surface area contributed by atoms with Crippen molar-refractivity contribution in [1.82, 2.24) is 14.9 Å². The summed E-state index contributed by atoms with van der Waals surface area (Å²) in [6.07, 6.45) is 2.67. The van der Waals surface area contributed by atoms with E-state index in [-0.39, 0.29) is 0 Å². The first-order valence-corrected chi connectivity index (χ1v) is 9.38. The molecule has 0 N–H and O–H groups in total. The topological polar surface area (TPSA) is 68.5 Å². The largest absolute Gasteiger partial charge is 0.497 e. The minimum atomic E-state index is 0.439. The number of hydrogen-bond acceptors (Lipinski definition) is 7. The Labute approximate surface area is 161 Å². The molecule has 7 heteroatoms. The van der Waals surface area contributed by atoms with Crippen LogP contribution in [0.15, 0.2) is 18.2 Å². The number of likely N-dealkylation sites (tertiary alicyclic amines) is 1. The van der Waals surface area contributed by atoms with Crippen LogP contribution in [0.2, 0.25) is 0 Å². The predicted molar refractivity (Wildman–Crippen MR) is 109 cm³/mol. The maximum Gasteiger partial charge on any atom is 0.227 e. The fourth-order valence-corrected chi connectivity index (χ4v) is 3.52. The van der Waals surface area contributed by atoms with Crippen LogP contribution < -0.4 is 14.5 Å². The van der Waals surface area contributed by atoms with E-state index in [1.807, 2.05) is 30.1 Å². The third-order valence-electron chi connectivity index (χ3n) is 5.34. The van der Waals surface area contributed by atoms with Crippen LogP contribution in [-0.4, -0.2) is 68.8 Å². The quantitative estimate of drug-likeness (QED) is 0.776. The zero-order chi connectivity index (χ0) is 19.4. The molecule has 0 atom stereocenters. The summed E-state index contributed by atoms with van der Waals surface area (Å²) < 4.78 is 5.38. The van der Waals surface area contributed by atoms with Crippen molar-refractivity contribution in [3.05, 3.63) is 18.2 Å². The lowest BCUT2D eigenvalue weighted by atomic mass is 10.0. The molecule has 1 aliphatic rings. The van der Waals surface area contributed by atoms with Crippen molar-refractivity contribution < 1.29 is 4.74 Å². The first kappa shape index (κ1) is 19.2. The Morgan fingerprint density at radius 3 is 2.67 bits per heavy atom. The van der Waals surface area contributed by atoms with Gasteiger partial charge in [0.1, 0.15) is 11.6 Å². The number of nitrogens with zero attached hydrogens (tertiary/aromatic N) is 6. The molecule has 0 unspecified atom stereocenters. The van der Waals surface area contributed by atoms with Gasteiger partial charge in [0.2, 0.25) is 5.95 Å². The van der Waals surface area contributed by atoms with Crippen LogP contribution in [0.1, 0.15) is 19.3 Å². The predicted octanol–water partition coefficient (Wildman–Crippen LogP) is 2.52. The number of rotatable bonds is 6. The van der Waals surface area contributed by atoms with Crippen LogP contribution in [0.4, 0.5) is 11.8 Å². The van der Waals surface area contributed by atoms with Gasteiger partial charge < -0.3 is 19.4 Å². The van der Waals surface area contributed by atoms with Crippen LogP contribution in [0.25, 0.3) is 10.9 Å². The van der Waals surface area contributed by atoms with Crippen LogP contribution in [-0.2, 0) is 0 Å². The molecular weight excluding hydrogens is 340 g/mol. The molecule has 0 aliphatic carbocycles. The first-order chi connectivity index (χ1) is 13.0. The molecule has 0 radical (unpaired) electrons. The number of benzene rings is 1. The normalized spacial score (nSPS) is 15.5. The number of ether oxygens (including phenoxy) is 1. The Hall–Kier alpha value is -2.59. The summed E-state index contributed by atoms with van der Waals surface area (Å²) in [4.78, 5) is 16.3. The van der Waals surface area contributed by atoms with Crippen molar-refractivity contribution in [2.24, 2.45) is 0 Å². The van der Waals surface area contributed by atoms with Gasteiger partial charge in [0.25, 0.3) is 0 Å². The molecule has 0 bridgehead atoms. The SMILES string of the molecule is COc1ccc2nc(N(C)C3CCN(C)CC3)nc(N(C)CCC#N)c2c1.